The lowest BCUT2D eigenvalue weighted by atomic mass is 9.93. The smallest absolute Gasteiger partial charge is 0.222 e. The molecule has 2 unspecified atom stereocenters. The molecule has 2 rings (SSSR count). The Hall–Kier alpha value is -0.620. The molecule has 1 aliphatic heterocycles. The number of hydrogen-bond donors (Lipinski definition) is 1. The Morgan fingerprint density at radius 1 is 1.50 bits per heavy atom. The number of hydrogen-bond acceptors (Lipinski definition) is 3. The topological polar surface area (TPSA) is 59.2 Å². The van der Waals surface area contributed by atoms with Crippen LogP contribution in [0.5, 0.6) is 0 Å². The lowest BCUT2D eigenvalue weighted by Crippen LogP contribution is -2.46. The molecule has 2 atom stereocenters. The number of anilines is 1. The summed E-state index contributed by atoms with van der Waals surface area (Å²) in [4.78, 5) is 17.9. The van der Waals surface area contributed by atoms with Gasteiger partial charge in [0.15, 0.2) is 0 Å². The van der Waals surface area contributed by atoms with Gasteiger partial charge in [-0.15, -0.1) is 0 Å². The van der Waals surface area contributed by atoms with Gasteiger partial charge in [0.25, 0.3) is 0 Å². The highest BCUT2D eigenvalue weighted by molar-refractivity contribution is 9.11. The van der Waals surface area contributed by atoms with Gasteiger partial charge in [-0.05, 0) is 57.7 Å². The molecular weight excluding hydrogens is 362 g/mol. The lowest BCUT2D eigenvalue weighted by Gasteiger charge is -2.38. The van der Waals surface area contributed by atoms with E-state index in [0.29, 0.717) is 12.6 Å². The molecule has 18 heavy (non-hydrogen) atoms. The first-order valence-electron chi connectivity index (χ1n) is 5.86. The SMILES string of the molecule is CC1CCC(C(N)=O)CN1c1ncc(Br)cc1Br. The van der Waals surface area contributed by atoms with Gasteiger partial charge in [0.05, 0.1) is 10.4 Å². The number of rotatable bonds is 2. The van der Waals surface area contributed by atoms with Gasteiger partial charge in [0.1, 0.15) is 5.82 Å². The molecule has 1 aromatic rings. The van der Waals surface area contributed by atoms with Crippen LogP contribution in [-0.2, 0) is 4.79 Å². The lowest BCUT2D eigenvalue weighted by molar-refractivity contribution is -0.122. The molecule has 1 aromatic heterocycles. The second-order valence-corrected chi connectivity index (χ2v) is 6.41. The summed E-state index contributed by atoms with van der Waals surface area (Å²) in [5, 5.41) is 0. The Morgan fingerprint density at radius 2 is 2.22 bits per heavy atom. The number of nitrogens with zero attached hydrogens (tertiary/aromatic N) is 2. The minimum Gasteiger partial charge on any atom is -0.369 e. The number of carbonyl (C=O) groups excluding carboxylic acids is 1. The third kappa shape index (κ3) is 2.85. The van der Waals surface area contributed by atoms with Crippen LogP contribution < -0.4 is 10.6 Å². The number of nitrogens with two attached hydrogens (primary N) is 1. The summed E-state index contributed by atoms with van der Waals surface area (Å²) in [7, 11) is 0. The molecule has 1 fully saturated rings. The van der Waals surface area contributed by atoms with E-state index in [9.17, 15) is 4.79 Å². The number of aromatic nitrogens is 1. The van der Waals surface area contributed by atoms with E-state index >= 15 is 0 Å². The van der Waals surface area contributed by atoms with Gasteiger partial charge in [-0.3, -0.25) is 4.79 Å². The van der Waals surface area contributed by atoms with E-state index in [1.165, 1.54) is 0 Å². The van der Waals surface area contributed by atoms with Crippen molar-refractivity contribution in [3.8, 4) is 0 Å². The molecule has 0 bridgehead atoms. The van der Waals surface area contributed by atoms with Crippen molar-refractivity contribution in [2.75, 3.05) is 11.4 Å². The fraction of sp³-hybridized carbons (Fsp3) is 0.500. The summed E-state index contributed by atoms with van der Waals surface area (Å²) >= 11 is 6.90. The van der Waals surface area contributed by atoms with E-state index in [4.69, 9.17) is 5.73 Å². The molecular formula is C12H15Br2N3O. The van der Waals surface area contributed by atoms with Crippen LogP contribution in [0.2, 0.25) is 0 Å². The summed E-state index contributed by atoms with van der Waals surface area (Å²) in [5.41, 5.74) is 5.41. The Bertz CT molecular complexity index is 467. The first kappa shape index (κ1) is 13.8. The molecule has 0 saturated carbocycles. The van der Waals surface area contributed by atoms with Gasteiger partial charge in [-0.25, -0.2) is 4.98 Å². The zero-order valence-electron chi connectivity index (χ0n) is 10.1. The molecule has 4 nitrogen and oxygen atoms in total. The van der Waals surface area contributed by atoms with Crippen LogP contribution in [0.15, 0.2) is 21.2 Å². The van der Waals surface area contributed by atoms with E-state index in [1.807, 2.05) is 6.07 Å². The van der Waals surface area contributed by atoms with Crippen LogP contribution in [0, 0.1) is 5.92 Å². The van der Waals surface area contributed by atoms with Crippen molar-refractivity contribution in [2.24, 2.45) is 11.7 Å². The van der Waals surface area contributed by atoms with Crippen molar-refractivity contribution in [1.82, 2.24) is 4.98 Å². The number of amides is 1. The summed E-state index contributed by atoms with van der Waals surface area (Å²) in [6.07, 6.45) is 3.58. The highest BCUT2D eigenvalue weighted by atomic mass is 79.9. The van der Waals surface area contributed by atoms with Gasteiger partial charge in [-0.1, -0.05) is 0 Å². The number of pyridine rings is 1. The van der Waals surface area contributed by atoms with Crippen LogP contribution in [0.4, 0.5) is 5.82 Å². The maximum Gasteiger partial charge on any atom is 0.222 e. The average molecular weight is 377 g/mol. The zero-order valence-corrected chi connectivity index (χ0v) is 13.2. The van der Waals surface area contributed by atoms with E-state index in [2.05, 4.69) is 48.7 Å². The molecule has 6 heteroatoms. The second kappa shape index (κ2) is 5.57. The first-order chi connectivity index (χ1) is 8.49. The van der Waals surface area contributed by atoms with Gasteiger partial charge < -0.3 is 10.6 Å². The Kier molecular flexibility index (Phi) is 4.27. The van der Waals surface area contributed by atoms with E-state index in [0.717, 1.165) is 27.6 Å². The molecule has 0 radical (unpaired) electrons. The number of primary amides is 1. The maximum atomic E-state index is 11.3. The van der Waals surface area contributed by atoms with Crippen LogP contribution in [0.25, 0.3) is 0 Å². The second-order valence-electron chi connectivity index (χ2n) is 4.64. The van der Waals surface area contributed by atoms with Crippen molar-refractivity contribution in [3.63, 3.8) is 0 Å². The van der Waals surface area contributed by atoms with Crippen molar-refractivity contribution in [2.45, 2.75) is 25.8 Å². The molecule has 2 N–H and O–H groups in total. The van der Waals surface area contributed by atoms with Crippen molar-refractivity contribution in [1.29, 1.82) is 0 Å². The molecule has 98 valence electrons. The minimum absolute atomic E-state index is 0.0847. The largest absolute Gasteiger partial charge is 0.369 e. The molecule has 0 aromatic carbocycles. The van der Waals surface area contributed by atoms with Crippen LogP contribution in [0.3, 0.4) is 0 Å². The molecule has 0 aliphatic carbocycles. The monoisotopic (exact) mass is 375 g/mol. The highest BCUT2D eigenvalue weighted by Crippen LogP contribution is 2.32. The van der Waals surface area contributed by atoms with E-state index in [1.54, 1.807) is 6.20 Å². The molecule has 1 amide bonds. The fourth-order valence-corrected chi connectivity index (χ4v) is 3.47. The zero-order chi connectivity index (χ0) is 13.3. The number of piperidine rings is 1. The summed E-state index contributed by atoms with van der Waals surface area (Å²) in [6.45, 7) is 2.79. The third-order valence-electron chi connectivity index (χ3n) is 3.34. The highest BCUT2D eigenvalue weighted by Gasteiger charge is 2.30. The van der Waals surface area contributed by atoms with Crippen LogP contribution in [0.1, 0.15) is 19.8 Å². The van der Waals surface area contributed by atoms with Crippen molar-refractivity contribution in [3.05, 3.63) is 21.2 Å². The average Bonchev–Trinajstić information content (AvgIpc) is 2.30. The molecule has 1 aliphatic rings. The quantitative estimate of drug-likeness (QED) is 0.863. The van der Waals surface area contributed by atoms with Crippen LogP contribution in [-0.4, -0.2) is 23.5 Å². The van der Waals surface area contributed by atoms with Crippen molar-refractivity contribution >= 4 is 43.6 Å². The molecule has 2 heterocycles. The predicted octanol–water partition coefficient (Wildman–Crippen LogP) is 2.70. The minimum atomic E-state index is -0.222. The Labute approximate surface area is 123 Å². The summed E-state index contributed by atoms with van der Waals surface area (Å²) in [6, 6.07) is 2.33. The van der Waals surface area contributed by atoms with Gasteiger partial charge >= 0.3 is 0 Å². The van der Waals surface area contributed by atoms with E-state index in [-0.39, 0.29) is 11.8 Å². The van der Waals surface area contributed by atoms with Crippen LogP contribution >= 0.6 is 31.9 Å². The molecule has 0 spiro atoms. The van der Waals surface area contributed by atoms with E-state index < -0.39 is 0 Å². The van der Waals surface area contributed by atoms with Gasteiger partial charge in [-0.2, -0.15) is 0 Å². The standard InChI is InChI=1S/C12H15Br2N3O/c1-7-2-3-8(11(15)18)6-17(7)12-10(14)4-9(13)5-16-12/h4-5,7-8H,2-3,6H2,1H3,(H2,15,18). The normalized spacial score (nSPS) is 24.1. The van der Waals surface area contributed by atoms with Gasteiger partial charge in [0.2, 0.25) is 5.91 Å². The fourth-order valence-electron chi connectivity index (χ4n) is 2.25. The predicted molar refractivity (Wildman–Crippen MR) is 78.4 cm³/mol. The Balaban J connectivity index is 2.26. The maximum absolute atomic E-state index is 11.3. The molecule has 1 saturated heterocycles. The number of carbonyl (C=O) groups is 1. The third-order valence-corrected chi connectivity index (χ3v) is 4.36. The van der Waals surface area contributed by atoms with Gasteiger partial charge in [0, 0.05) is 23.3 Å². The Morgan fingerprint density at radius 3 is 2.83 bits per heavy atom. The first-order valence-corrected chi connectivity index (χ1v) is 7.44. The van der Waals surface area contributed by atoms with Crippen molar-refractivity contribution < 1.29 is 4.79 Å². The number of halogens is 2. The summed E-state index contributed by atoms with van der Waals surface area (Å²) in [5.74, 6) is 0.565. The summed E-state index contributed by atoms with van der Waals surface area (Å²) < 4.78 is 1.85.